The van der Waals surface area contributed by atoms with Crippen molar-refractivity contribution < 1.29 is 22.7 Å². The maximum absolute atomic E-state index is 13.0. The first kappa shape index (κ1) is 21.0. The molecule has 1 atom stereocenters. The van der Waals surface area contributed by atoms with Crippen LogP contribution < -0.4 is 14.4 Å². The second kappa shape index (κ2) is 7.96. The van der Waals surface area contributed by atoms with E-state index in [-0.39, 0.29) is 41.0 Å². The largest absolute Gasteiger partial charge is 0.495 e. The first-order valence-electron chi connectivity index (χ1n) is 9.27. The summed E-state index contributed by atoms with van der Waals surface area (Å²) in [5, 5.41) is 0. The summed E-state index contributed by atoms with van der Waals surface area (Å²) in [6.45, 7) is 5.68. The number of nitrogens with zero attached hydrogens (tertiary/aromatic N) is 1. The predicted molar refractivity (Wildman–Crippen MR) is 109 cm³/mol. The van der Waals surface area contributed by atoms with E-state index in [0.717, 1.165) is 21.6 Å². The van der Waals surface area contributed by atoms with Crippen LogP contribution in [0.4, 0.5) is 5.69 Å². The number of hydrogen-bond donors (Lipinski definition) is 1. The fourth-order valence-electron chi connectivity index (χ4n) is 3.53. The molecule has 3 rings (SSSR count). The Morgan fingerprint density at radius 3 is 2.28 bits per heavy atom. The van der Waals surface area contributed by atoms with Gasteiger partial charge in [0.25, 0.3) is 0 Å². The van der Waals surface area contributed by atoms with Crippen LogP contribution in [0.2, 0.25) is 0 Å². The fourth-order valence-corrected chi connectivity index (χ4v) is 4.78. The number of nitrogens with one attached hydrogen (secondary N) is 1. The van der Waals surface area contributed by atoms with Crippen LogP contribution in [-0.2, 0) is 19.6 Å². The van der Waals surface area contributed by atoms with Gasteiger partial charge < -0.3 is 4.74 Å². The number of carbonyl (C=O) groups is 2. The Morgan fingerprint density at radius 2 is 1.69 bits per heavy atom. The number of carbonyl (C=O) groups excluding carboxylic acids is 2. The van der Waals surface area contributed by atoms with Gasteiger partial charge in [0.05, 0.1) is 17.7 Å². The van der Waals surface area contributed by atoms with Crippen molar-refractivity contribution in [1.29, 1.82) is 0 Å². The molecular weight excluding hydrogens is 392 g/mol. The smallest absolute Gasteiger partial charge is 0.241 e. The molecule has 29 heavy (non-hydrogen) atoms. The summed E-state index contributed by atoms with van der Waals surface area (Å²) in [7, 11) is -2.50. The molecule has 0 saturated carbocycles. The van der Waals surface area contributed by atoms with Gasteiger partial charge in [-0.05, 0) is 50.1 Å². The monoisotopic (exact) mass is 416 g/mol. The van der Waals surface area contributed by atoms with E-state index in [9.17, 15) is 18.0 Å². The van der Waals surface area contributed by atoms with Crippen molar-refractivity contribution in [2.75, 3.05) is 12.0 Å². The summed E-state index contributed by atoms with van der Waals surface area (Å²) in [5.74, 6) is -0.492. The number of anilines is 1. The average molecular weight is 416 g/mol. The number of hydrogen-bond acceptors (Lipinski definition) is 5. The van der Waals surface area contributed by atoms with Crippen LogP contribution >= 0.6 is 0 Å². The zero-order valence-corrected chi connectivity index (χ0v) is 17.7. The number of methoxy groups -OCH3 is 1. The van der Waals surface area contributed by atoms with Gasteiger partial charge in [-0.3, -0.25) is 9.59 Å². The standard InChI is InChI=1S/C21H24N2O5S/c1-13-5-7-17(14(2)11-13)15(3)22-29(26,27)16-6-8-19(28-4)18(12-16)23-20(24)9-10-21(23)25/h5-8,11-12,15,22H,9-10H2,1-4H3/t15-/m1/s1. The van der Waals surface area contributed by atoms with Crippen LogP contribution in [0.15, 0.2) is 41.3 Å². The molecule has 0 aromatic heterocycles. The molecule has 0 spiro atoms. The third-order valence-corrected chi connectivity index (χ3v) is 6.52. The van der Waals surface area contributed by atoms with Crippen LogP contribution in [0.1, 0.15) is 42.5 Å². The first-order valence-corrected chi connectivity index (χ1v) is 10.8. The number of sulfonamides is 1. The maximum atomic E-state index is 13.0. The minimum atomic E-state index is -3.90. The summed E-state index contributed by atoms with van der Waals surface area (Å²) in [4.78, 5) is 25.2. The molecule has 8 heteroatoms. The Balaban J connectivity index is 1.95. The van der Waals surface area contributed by atoms with Gasteiger partial charge in [-0.25, -0.2) is 18.0 Å². The molecule has 154 valence electrons. The second-order valence-electron chi connectivity index (χ2n) is 7.16. The lowest BCUT2D eigenvalue weighted by Crippen LogP contribution is -2.30. The molecule has 1 aliphatic rings. The number of benzene rings is 2. The third kappa shape index (κ3) is 4.18. The Kier molecular flexibility index (Phi) is 5.77. The van der Waals surface area contributed by atoms with Crippen LogP contribution in [0.25, 0.3) is 0 Å². The number of rotatable bonds is 6. The van der Waals surface area contributed by atoms with E-state index in [1.807, 2.05) is 32.0 Å². The van der Waals surface area contributed by atoms with Crippen molar-refractivity contribution in [1.82, 2.24) is 4.72 Å². The van der Waals surface area contributed by atoms with Crippen LogP contribution in [-0.4, -0.2) is 27.3 Å². The van der Waals surface area contributed by atoms with Gasteiger partial charge in [0.15, 0.2) is 0 Å². The van der Waals surface area contributed by atoms with Gasteiger partial charge in [-0.15, -0.1) is 0 Å². The van der Waals surface area contributed by atoms with Crippen LogP contribution in [0, 0.1) is 13.8 Å². The highest BCUT2D eigenvalue weighted by atomic mass is 32.2. The highest BCUT2D eigenvalue weighted by Crippen LogP contribution is 2.34. The van der Waals surface area contributed by atoms with E-state index in [1.165, 1.54) is 25.3 Å². The van der Waals surface area contributed by atoms with E-state index in [0.29, 0.717) is 0 Å². The molecule has 0 radical (unpaired) electrons. The summed E-state index contributed by atoms with van der Waals surface area (Å²) in [5.41, 5.74) is 3.10. The molecule has 2 amide bonds. The minimum absolute atomic E-state index is 0.0441. The lowest BCUT2D eigenvalue weighted by Gasteiger charge is -2.20. The van der Waals surface area contributed by atoms with Crippen LogP contribution in [0.3, 0.4) is 0 Å². The fraction of sp³-hybridized carbons (Fsp3) is 0.333. The van der Waals surface area contributed by atoms with Crippen molar-refractivity contribution in [2.24, 2.45) is 0 Å². The Hall–Kier alpha value is -2.71. The topological polar surface area (TPSA) is 92.8 Å². The van der Waals surface area contributed by atoms with E-state index >= 15 is 0 Å². The maximum Gasteiger partial charge on any atom is 0.241 e. The van der Waals surface area contributed by atoms with Gasteiger partial charge in [-0.1, -0.05) is 23.8 Å². The molecule has 1 saturated heterocycles. The Labute approximate surface area is 170 Å². The minimum Gasteiger partial charge on any atom is -0.495 e. The van der Waals surface area contributed by atoms with Crippen molar-refractivity contribution in [2.45, 2.75) is 44.6 Å². The Morgan fingerprint density at radius 1 is 1.03 bits per heavy atom. The molecule has 1 heterocycles. The molecule has 1 N–H and O–H groups in total. The van der Waals surface area contributed by atoms with Crippen molar-refractivity contribution >= 4 is 27.5 Å². The highest BCUT2D eigenvalue weighted by molar-refractivity contribution is 7.89. The molecule has 0 aliphatic carbocycles. The Bertz CT molecular complexity index is 1060. The second-order valence-corrected chi connectivity index (χ2v) is 8.87. The highest BCUT2D eigenvalue weighted by Gasteiger charge is 2.33. The summed E-state index contributed by atoms with van der Waals surface area (Å²) >= 11 is 0. The molecule has 1 fully saturated rings. The van der Waals surface area contributed by atoms with Crippen molar-refractivity contribution in [3.8, 4) is 5.75 Å². The predicted octanol–water partition coefficient (Wildman–Crippen LogP) is 3.00. The summed E-state index contributed by atoms with van der Waals surface area (Å²) in [6, 6.07) is 9.52. The van der Waals surface area contributed by atoms with Crippen LogP contribution in [0.5, 0.6) is 5.75 Å². The SMILES string of the molecule is COc1ccc(S(=O)(=O)N[C@H](C)c2ccc(C)cc2C)cc1N1C(=O)CCC1=O. The normalized spacial score (nSPS) is 15.7. The quantitative estimate of drug-likeness (QED) is 0.731. The molecule has 0 bridgehead atoms. The van der Waals surface area contributed by atoms with E-state index in [1.54, 1.807) is 6.92 Å². The summed E-state index contributed by atoms with van der Waals surface area (Å²) < 4.78 is 33.9. The van der Waals surface area contributed by atoms with E-state index < -0.39 is 16.1 Å². The molecule has 2 aromatic carbocycles. The van der Waals surface area contributed by atoms with Crippen molar-refractivity contribution in [3.63, 3.8) is 0 Å². The van der Waals surface area contributed by atoms with E-state index in [2.05, 4.69) is 4.72 Å². The zero-order chi connectivity index (χ0) is 21.3. The average Bonchev–Trinajstić information content (AvgIpc) is 2.98. The molecule has 7 nitrogen and oxygen atoms in total. The van der Waals surface area contributed by atoms with Gasteiger partial charge >= 0.3 is 0 Å². The number of amides is 2. The number of imide groups is 1. The van der Waals surface area contributed by atoms with Gasteiger partial charge in [-0.2, -0.15) is 0 Å². The van der Waals surface area contributed by atoms with Gasteiger partial charge in [0.1, 0.15) is 5.75 Å². The van der Waals surface area contributed by atoms with E-state index in [4.69, 9.17) is 4.74 Å². The lowest BCUT2D eigenvalue weighted by molar-refractivity contribution is -0.121. The molecule has 0 unspecified atom stereocenters. The molecule has 1 aliphatic heterocycles. The number of aryl methyl sites for hydroxylation is 2. The zero-order valence-electron chi connectivity index (χ0n) is 16.9. The van der Waals surface area contributed by atoms with Gasteiger partial charge in [0.2, 0.25) is 21.8 Å². The third-order valence-electron chi connectivity index (χ3n) is 4.98. The first-order chi connectivity index (χ1) is 13.6. The molecular formula is C21H24N2O5S. The summed E-state index contributed by atoms with van der Waals surface area (Å²) in [6.07, 6.45) is 0.196. The lowest BCUT2D eigenvalue weighted by atomic mass is 10.0. The molecule has 2 aromatic rings. The van der Waals surface area contributed by atoms with Gasteiger partial charge in [0, 0.05) is 18.9 Å². The van der Waals surface area contributed by atoms with Crippen molar-refractivity contribution in [3.05, 3.63) is 53.1 Å². The number of ether oxygens (including phenoxy) is 1.